The van der Waals surface area contributed by atoms with Gasteiger partial charge in [-0.3, -0.25) is 19.3 Å². The lowest BCUT2D eigenvalue weighted by molar-refractivity contribution is -0.150. The van der Waals surface area contributed by atoms with Crippen molar-refractivity contribution in [3.05, 3.63) is 89.5 Å². The molecular weight excluding hydrogens is 611 g/mol. The van der Waals surface area contributed by atoms with Crippen molar-refractivity contribution in [2.75, 3.05) is 23.0 Å². The molecule has 0 aromatic heterocycles. The summed E-state index contributed by atoms with van der Waals surface area (Å²) < 4.78 is 6.98. The number of nitrogens with zero attached hydrogens (tertiary/aromatic N) is 3. The second-order valence-electron chi connectivity index (χ2n) is 14.1. The first-order chi connectivity index (χ1) is 22.5. The van der Waals surface area contributed by atoms with Gasteiger partial charge in [0.1, 0.15) is 0 Å². The Bertz CT molecular complexity index is 1710. The summed E-state index contributed by atoms with van der Waals surface area (Å²) in [6.45, 7) is 6.47. The molecule has 4 aliphatic heterocycles. The van der Waals surface area contributed by atoms with E-state index in [0.29, 0.717) is 42.9 Å². The number of ether oxygens (including phenoxy) is 1. The minimum Gasteiger partial charge on any atom is -0.432 e. The van der Waals surface area contributed by atoms with Gasteiger partial charge in [-0.05, 0) is 67.7 Å². The molecule has 2 fully saturated rings. The number of anilines is 3. The van der Waals surface area contributed by atoms with Gasteiger partial charge >= 0.3 is 0 Å². The molecule has 0 unspecified atom stereocenters. The molecule has 5 atom stereocenters. The molecule has 4 aliphatic rings. The van der Waals surface area contributed by atoms with Crippen LogP contribution in [0.3, 0.4) is 0 Å². The van der Waals surface area contributed by atoms with Crippen molar-refractivity contribution in [1.82, 2.24) is 4.90 Å². The predicted octanol–water partition coefficient (Wildman–Crippen LogP) is 5.02. The van der Waals surface area contributed by atoms with Crippen LogP contribution < -0.4 is 9.80 Å². The molecule has 246 valence electrons. The Kier molecular flexibility index (Phi) is 8.11. The molecular formula is C37H43N3O6Si. The standard InChI is InChI=1S/C37H43N3O6Si/c1-24-35(47(2,3)45)32(21-34(43)38-19-9-13-28(38)23-41)46-37(24)29-20-27(40-30-14-8-7-12-26(30)15-18-33(40)42)16-17-31(29)39(36(37)44)22-25-10-5-4-6-11-25/h4-8,10-12,14,16-17,20,24,28,32,35,41,45H,9,13,15,18-19,21-23H2,1-3H3/t24-,28+,32+,35-,37+/m1/s1. The maximum atomic E-state index is 14.9. The fraction of sp³-hybridized carbons (Fsp3) is 0.432. The molecule has 10 heteroatoms. The van der Waals surface area contributed by atoms with Crippen LogP contribution in [0.5, 0.6) is 0 Å². The Morgan fingerprint density at radius 1 is 1.00 bits per heavy atom. The van der Waals surface area contributed by atoms with Crippen molar-refractivity contribution in [2.45, 2.75) is 82.0 Å². The number of benzene rings is 3. The number of fused-ring (bicyclic) bond motifs is 3. The topological polar surface area (TPSA) is 111 Å². The minimum atomic E-state index is -3.01. The van der Waals surface area contributed by atoms with Crippen LogP contribution in [0.25, 0.3) is 0 Å². The predicted molar refractivity (Wildman–Crippen MR) is 182 cm³/mol. The molecule has 1 spiro atoms. The fourth-order valence-electron chi connectivity index (χ4n) is 8.68. The summed E-state index contributed by atoms with van der Waals surface area (Å²) in [4.78, 5) is 59.1. The number of rotatable bonds is 7. The van der Waals surface area contributed by atoms with Gasteiger partial charge in [-0.1, -0.05) is 55.5 Å². The third-order valence-corrected chi connectivity index (χ3v) is 13.3. The van der Waals surface area contributed by atoms with Crippen LogP contribution in [0, 0.1) is 5.92 Å². The number of aliphatic hydroxyl groups is 1. The zero-order valence-corrected chi connectivity index (χ0v) is 28.3. The first-order valence-corrected chi connectivity index (χ1v) is 19.8. The lowest BCUT2D eigenvalue weighted by atomic mass is 9.82. The summed E-state index contributed by atoms with van der Waals surface area (Å²) in [5.41, 5.74) is 3.02. The monoisotopic (exact) mass is 653 g/mol. The third kappa shape index (κ3) is 5.22. The second kappa shape index (κ2) is 12.0. The molecule has 3 amide bonds. The van der Waals surface area contributed by atoms with Crippen LogP contribution in [-0.4, -0.2) is 66.1 Å². The van der Waals surface area contributed by atoms with Crippen molar-refractivity contribution in [2.24, 2.45) is 5.92 Å². The summed E-state index contributed by atoms with van der Waals surface area (Å²) in [5, 5.41) is 9.91. The number of carbonyl (C=O) groups is 3. The minimum absolute atomic E-state index is 0.0159. The van der Waals surface area contributed by atoms with Crippen LogP contribution in [-0.2, 0) is 37.7 Å². The average molecular weight is 654 g/mol. The molecule has 4 heterocycles. The number of hydrogen-bond acceptors (Lipinski definition) is 6. The smallest absolute Gasteiger partial charge is 0.264 e. The lowest BCUT2D eigenvalue weighted by Crippen LogP contribution is -2.46. The maximum absolute atomic E-state index is 14.9. The molecule has 2 saturated heterocycles. The summed E-state index contributed by atoms with van der Waals surface area (Å²) in [6, 6.07) is 23.2. The Morgan fingerprint density at radius 3 is 2.49 bits per heavy atom. The summed E-state index contributed by atoms with van der Waals surface area (Å²) in [5.74, 6) is -0.822. The SMILES string of the molecule is C[C@@H]1[C@@H]([Si](C)(C)O)[C@H](CC(=O)N2CCC[C@H]2CO)O[C@@]12C(=O)N(Cc1ccccc1)c1ccc(N3C(=O)CCc4ccccc43)cc12. The highest BCUT2D eigenvalue weighted by molar-refractivity contribution is 6.71. The van der Waals surface area contributed by atoms with E-state index in [0.717, 1.165) is 29.7 Å². The molecule has 3 aromatic carbocycles. The van der Waals surface area contributed by atoms with Gasteiger partial charge in [0.05, 0.1) is 43.1 Å². The van der Waals surface area contributed by atoms with Gasteiger partial charge in [-0.15, -0.1) is 0 Å². The molecule has 9 nitrogen and oxygen atoms in total. The second-order valence-corrected chi connectivity index (χ2v) is 18.0. The Labute approximate surface area is 276 Å². The van der Waals surface area contributed by atoms with Gasteiger partial charge in [0.15, 0.2) is 13.9 Å². The van der Waals surface area contributed by atoms with Crippen LogP contribution in [0.15, 0.2) is 72.8 Å². The summed E-state index contributed by atoms with van der Waals surface area (Å²) in [6.07, 6.45) is 1.95. The van der Waals surface area contributed by atoms with Gasteiger partial charge in [-0.25, -0.2) is 0 Å². The highest BCUT2D eigenvalue weighted by Gasteiger charge is 2.66. The number of carbonyl (C=O) groups excluding carboxylic acids is 3. The van der Waals surface area contributed by atoms with E-state index in [1.54, 1.807) is 14.7 Å². The Hall–Kier alpha value is -3.83. The van der Waals surface area contributed by atoms with Crippen LogP contribution in [0.2, 0.25) is 18.6 Å². The zero-order chi connectivity index (χ0) is 33.1. The van der Waals surface area contributed by atoms with Crippen molar-refractivity contribution < 1.29 is 29.0 Å². The molecule has 3 aromatic rings. The van der Waals surface area contributed by atoms with E-state index in [4.69, 9.17) is 4.74 Å². The van der Waals surface area contributed by atoms with E-state index in [1.165, 1.54) is 0 Å². The molecule has 7 rings (SSSR count). The third-order valence-electron chi connectivity index (χ3n) is 10.8. The van der Waals surface area contributed by atoms with E-state index < -0.39 is 31.5 Å². The van der Waals surface area contributed by atoms with Crippen molar-refractivity contribution in [3.8, 4) is 0 Å². The quantitative estimate of drug-likeness (QED) is 0.347. The van der Waals surface area contributed by atoms with E-state index in [2.05, 4.69) is 0 Å². The van der Waals surface area contributed by atoms with Gasteiger partial charge < -0.3 is 24.4 Å². The largest absolute Gasteiger partial charge is 0.432 e. The van der Waals surface area contributed by atoms with Crippen LogP contribution >= 0.6 is 0 Å². The molecule has 0 bridgehead atoms. The Balaban J connectivity index is 1.34. The zero-order valence-electron chi connectivity index (χ0n) is 27.3. The molecule has 0 radical (unpaired) electrons. The van der Waals surface area contributed by atoms with Crippen molar-refractivity contribution in [3.63, 3.8) is 0 Å². The van der Waals surface area contributed by atoms with E-state index in [-0.39, 0.29) is 36.8 Å². The number of amides is 3. The maximum Gasteiger partial charge on any atom is 0.264 e. The number of likely N-dealkylation sites (tertiary alicyclic amines) is 1. The number of aryl methyl sites for hydroxylation is 1. The summed E-state index contributed by atoms with van der Waals surface area (Å²) >= 11 is 0. The van der Waals surface area contributed by atoms with E-state index >= 15 is 0 Å². The molecule has 2 N–H and O–H groups in total. The molecule has 47 heavy (non-hydrogen) atoms. The highest BCUT2D eigenvalue weighted by Crippen LogP contribution is 2.60. The molecule has 0 saturated carbocycles. The van der Waals surface area contributed by atoms with Gasteiger partial charge in [-0.2, -0.15) is 0 Å². The van der Waals surface area contributed by atoms with Gasteiger partial charge in [0.25, 0.3) is 5.91 Å². The molecule has 0 aliphatic carbocycles. The van der Waals surface area contributed by atoms with Gasteiger partial charge in [0, 0.05) is 35.7 Å². The first kappa shape index (κ1) is 31.8. The van der Waals surface area contributed by atoms with Crippen molar-refractivity contribution in [1.29, 1.82) is 0 Å². The summed E-state index contributed by atoms with van der Waals surface area (Å²) in [7, 11) is -3.01. The fourth-order valence-corrected chi connectivity index (χ4v) is 11.2. The van der Waals surface area contributed by atoms with Crippen LogP contribution in [0.4, 0.5) is 17.1 Å². The van der Waals surface area contributed by atoms with Gasteiger partial charge in [0.2, 0.25) is 11.8 Å². The van der Waals surface area contributed by atoms with E-state index in [1.807, 2.05) is 92.8 Å². The first-order valence-electron chi connectivity index (χ1n) is 16.8. The lowest BCUT2D eigenvalue weighted by Gasteiger charge is -2.33. The highest BCUT2D eigenvalue weighted by atomic mass is 28.4. The van der Waals surface area contributed by atoms with E-state index in [9.17, 15) is 24.3 Å². The number of hydrogen-bond donors (Lipinski definition) is 2. The van der Waals surface area contributed by atoms with Crippen molar-refractivity contribution >= 4 is 43.1 Å². The number of para-hydroxylation sites is 1. The average Bonchev–Trinajstić information content (AvgIpc) is 3.72. The Morgan fingerprint density at radius 2 is 1.74 bits per heavy atom. The van der Waals surface area contributed by atoms with Crippen LogP contribution in [0.1, 0.15) is 49.3 Å². The normalized spacial score (nSPS) is 27.1. The number of aliphatic hydroxyl groups excluding tert-OH is 1.